The minimum Gasteiger partial charge on any atom is -0.456 e. The molecule has 0 amide bonds. The van der Waals surface area contributed by atoms with Crippen LogP contribution in [0.15, 0.2) is 220 Å². The molecular weight excluding hydrogens is 778 g/mol. The fourth-order valence-electron chi connectivity index (χ4n) is 10.1. The summed E-state index contributed by atoms with van der Waals surface area (Å²) in [6.07, 6.45) is 10.6. The Morgan fingerprint density at radius 2 is 1.32 bits per heavy atom. The quantitative estimate of drug-likeness (QED) is 0.142. The number of para-hydroxylation sites is 1. The van der Waals surface area contributed by atoms with Gasteiger partial charge in [-0.3, -0.25) is 0 Å². The Kier molecular flexibility index (Phi) is 9.29. The molecule has 0 radical (unpaired) electrons. The lowest BCUT2D eigenvalue weighted by molar-refractivity contribution is 0.614. The number of furan rings is 1. The molecule has 0 N–H and O–H groups in total. The standard InChI is InChI=1S/C58H40FNOS/c1-3-4-25-49-38(2)45-24-14-15-26-50(45)58(49)51-27-16-17-28-55(51)62-56-37-44(30-32-52(56)58)60(42-22-12-7-13-23-42)43-29-31-46-53(36-43)61-54-35-41(59)34-48(57(46)54)47(40-20-10-6-11-21-40)33-39-18-8-5-9-19-39/h1,4-32,34-37,47H,33H2,2H3/b25-4-/t47?,58-/m0/s1. The topological polar surface area (TPSA) is 16.4 Å². The summed E-state index contributed by atoms with van der Waals surface area (Å²) in [6, 6.07) is 65.4. The Hall–Kier alpha value is -7.32. The summed E-state index contributed by atoms with van der Waals surface area (Å²) in [5.74, 6) is 2.36. The van der Waals surface area contributed by atoms with E-state index in [-0.39, 0.29) is 11.7 Å². The van der Waals surface area contributed by atoms with E-state index in [9.17, 15) is 0 Å². The lowest BCUT2D eigenvalue weighted by atomic mass is 9.66. The third-order valence-electron chi connectivity index (χ3n) is 12.7. The van der Waals surface area contributed by atoms with Crippen LogP contribution < -0.4 is 4.90 Å². The molecule has 1 spiro atoms. The first-order valence-electron chi connectivity index (χ1n) is 21.0. The molecule has 1 aromatic heterocycles. The predicted molar refractivity (Wildman–Crippen MR) is 254 cm³/mol. The van der Waals surface area contributed by atoms with E-state index in [0.29, 0.717) is 11.2 Å². The summed E-state index contributed by atoms with van der Waals surface area (Å²) >= 11 is 1.81. The van der Waals surface area contributed by atoms with Gasteiger partial charge in [0.15, 0.2) is 0 Å². The van der Waals surface area contributed by atoms with Crippen LogP contribution in [0.2, 0.25) is 0 Å². The van der Waals surface area contributed by atoms with Crippen LogP contribution in [0.3, 0.4) is 0 Å². The van der Waals surface area contributed by atoms with Crippen molar-refractivity contribution in [3.63, 3.8) is 0 Å². The molecule has 2 aliphatic rings. The van der Waals surface area contributed by atoms with E-state index in [4.69, 9.17) is 10.8 Å². The Bertz CT molecular complexity index is 3290. The highest BCUT2D eigenvalue weighted by Gasteiger charge is 2.50. The first-order chi connectivity index (χ1) is 30.5. The van der Waals surface area contributed by atoms with E-state index in [0.717, 1.165) is 45.4 Å². The minimum atomic E-state index is -0.542. The highest BCUT2D eigenvalue weighted by Crippen LogP contribution is 2.62. The Balaban J connectivity index is 1.08. The van der Waals surface area contributed by atoms with Crippen LogP contribution in [0.25, 0.3) is 27.5 Å². The van der Waals surface area contributed by atoms with Crippen molar-refractivity contribution in [2.75, 3.05) is 4.90 Å². The molecule has 0 saturated heterocycles. The minimum absolute atomic E-state index is 0.0902. The molecule has 2 atom stereocenters. The van der Waals surface area contributed by atoms with E-state index < -0.39 is 5.41 Å². The first-order valence-corrected chi connectivity index (χ1v) is 21.8. The number of rotatable bonds is 8. The number of fused-ring (bicyclic) bond motifs is 9. The van der Waals surface area contributed by atoms with Gasteiger partial charge in [0.2, 0.25) is 0 Å². The summed E-state index contributed by atoms with van der Waals surface area (Å²) in [5, 5.41) is 1.89. The number of hydrogen-bond acceptors (Lipinski definition) is 3. The number of allylic oxidation sites excluding steroid dienone is 4. The molecule has 1 aliphatic carbocycles. The van der Waals surface area contributed by atoms with Gasteiger partial charge in [0.1, 0.15) is 17.0 Å². The van der Waals surface area contributed by atoms with Gasteiger partial charge in [-0.1, -0.05) is 145 Å². The summed E-state index contributed by atoms with van der Waals surface area (Å²) in [5.41, 5.74) is 14.3. The van der Waals surface area contributed by atoms with Crippen LogP contribution in [0, 0.1) is 18.2 Å². The number of terminal acetylenes is 1. The largest absolute Gasteiger partial charge is 0.456 e. The maximum atomic E-state index is 15.7. The SMILES string of the molecule is C#C/C=C\C1=C(C)c2ccccc2[C@]12c1ccccc1Sc1cc(N(c3ccccc3)c3ccc4c(c3)oc3cc(F)cc(C(Cc5ccccc5)c5ccccc5)c34)ccc12. The summed E-state index contributed by atoms with van der Waals surface area (Å²) in [4.78, 5) is 4.67. The summed E-state index contributed by atoms with van der Waals surface area (Å²) in [7, 11) is 0. The highest BCUT2D eigenvalue weighted by atomic mass is 32.2. The molecule has 1 aliphatic heterocycles. The number of halogens is 1. The molecule has 2 heterocycles. The zero-order valence-corrected chi connectivity index (χ0v) is 34.9. The molecule has 2 nitrogen and oxygen atoms in total. The van der Waals surface area contributed by atoms with Gasteiger partial charge in [-0.15, -0.1) is 6.42 Å². The fraction of sp³-hybridized carbons (Fsp3) is 0.0690. The maximum absolute atomic E-state index is 15.7. The molecule has 0 fully saturated rings. The van der Waals surface area contributed by atoms with Gasteiger partial charge in [0, 0.05) is 55.7 Å². The summed E-state index contributed by atoms with van der Waals surface area (Å²) < 4.78 is 22.4. The second-order valence-corrected chi connectivity index (χ2v) is 17.2. The molecular formula is C58H40FNOS. The van der Waals surface area contributed by atoms with E-state index in [1.165, 1.54) is 54.8 Å². The van der Waals surface area contributed by atoms with Crippen LogP contribution in [-0.4, -0.2) is 0 Å². The molecule has 62 heavy (non-hydrogen) atoms. The van der Waals surface area contributed by atoms with Crippen molar-refractivity contribution in [3.8, 4) is 12.3 Å². The Morgan fingerprint density at radius 3 is 2.11 bits per heavy atom. The monoisotopic (exact) mass is 817 g/mol. The van der Waals surface area contributed by atoms with Gasteiger partial charge < -0.3 is 9.32 Å². The molecule has 11 rings (SSSR count). The van der Waals surface area contributed by atoms with Crippen LogP contribution in [-0.2, 0) is 11.8 Å². The lowest BCUT2D eigenvalue weighted by Crippen LogP contribution is -2.32. The van der Waals surface area contributed by atoms with E-state index in [1.54, 1.807) is 6.07 Å². The number of nitrogens with zero attached hydrogens (tertiary/aromatic N) is 1. The maximum Gasteiger partial charge on any atom is 0.138 e. The van der Waals surface area contributed by atoms with Gasteiger partial charge in [-0.05, 0) is 124 Å². The zero-order valence-electron chi connectivity index (χ0n) is 34.1. The average Bonchev–Trinajstić information content (AvgIpc) is 3.80. The molecule has 0 saturated carbocycles. The van der Waals surface area contributed by atoms with E-state index >= 15 is 4.39 Å². The van der Waals surface area contributed by atoms with Crippen molar-refractivity contribution >= 4 is 56.3 Å². The van der Waals surface area contributed by atoms with Crippen molar-refractivity contribution in [1.29, 1.82) is 0 Å². The lowest BCUT2D eigenvalue weighted by Gasteiger charge is -2.41. The second-order valence-electron chi connectivity index (χ2n) is 16.1. The van der Waals surface area contributed by atoms with Crippen molar-refractivity contribution < 1.29 is 8.81 Å². The normalized spacial score (nSPS) is 15.8. The van der Waals surface area contributed by atoms with Gasteiger partial charge >= 0.3 is 0 Å². The van der Waals surface area contributed by atoms with Crippen molar-refractivity contribution in [3.05, 3.63) is 251 Å². The average molecular weight is 818 g/mol. The predicted octanol–water partition coefficient (Wildman–Crippen LogP) is 15.3. The Labute approximate surface area is 365 Å². The molecule has 4 heteroatoms. The van der Waals surface area contributed by atoms with Crippen LogP contribution in [0.1, 0.15) is 51.8 Å². The molecule has 1 unspecified atom stereocenters. The van der Waals surface area contributed by atoms with Gasteiger partial charge in [-0.2, -0.15) is 0 Å². The third-order valence-corrected chi connectivity index (χ3v) is 13.8. The van der Waals surface area contributed by atoms with Crippen molar-refractivity contribution in [1.82, 2.24) is 0 Å². The first kappa shape index (κ1) is 37.7. The van der Waals surface area contributed by atoms with Crippen LogP contribution in [0.5, 0.6) is 0 Å². The van der Waals surface area contributed by atoms with Gasteiger partial charge in [0.25, 0.3) is 0 Å². The number of anilines is 3. The molecule has 296 valence electrons. The van der Waals surface area contributed by atoms with Crippen molar-refractivity contribution in [2.24, 2.45) is 0 Å². The van der Waals surface area contributed by atoms with Gasteiger partial charge in [0.05, 0.1) is 5.41 Å². The van der Waals surface area contributed by atoms with Gasteiger partial charge in [-0.25, -0.2) is 4.39 Å². The highest BCUT2D eigenvalue weighted by molar-refractivity contribution is 7.99. The Morgan fingerprint density at radius 1 is 0.661 bits per heavy atom. The van der Waals surface area contributed by atoms with E-state index in [2.05, 4.69) is 182 Å². The van der Waals surface area contributed by atoms with E-state index in [1.807, 2.05) is 36.0 Å². The molecule has 8 aromatic carbocycles. The molecule has 0 bridgehead atoms. The van der Waals surface area contributed by atoms with Crippen LogP contribution >= 0.6 is 11.8 Å². The number of benzene rings is 8. The van der Waals surface area contributed by atoms with Crippen molar-refractivity contribution in [2.45, 2.75) is 34.5 Å². The molecule has 9 aromatic rings. The summed E-state index contributed by atoms with van der Waals surface area (Å²) in [6.45, 7) is 2.22. The fourth-order valence-corrected chi connectivity index (χ4v) is 11.3. The van der Waals surface area contributed by atoms with Crippen LogP contribution in [0.4, 0.5) is 21.5 Å². The third kappa shape index (κ3) is 6.04. The zero-order chi connectivity index (χ0) is 41.8. The number of hydrogen-bond donors (Lipinski definition) is 0. The smallest absolute Gasteiger partial charge is 0.138 e. The second kappa shape index (κ2) is 15.3.